The predicted octanol–water partition coefficient (Wildman–Crippen LogP) is -2.89. The molecule has 0 saturated heterocycles. The van der Waals surface area contributed by atoms with Gasteiger partial charge in [-0.15, -0.1) is 0 Å². The molecule has 0 aromatic carbocycles. The van der Waals surface area contributed by atoms with Crippen molar-refractivity contribution in [2.24, 2.45) is 17.2 Å². The molecule has 0 aliphatic rings. The summed E-state index contributed by atoms with van der Waals surface area (Å²) in [4.78, 5) is 48.1. The molecular weight excluding hydrogens is 354 g/mol. The molecular formula is C13H21N5O8. The topological polar surface area (TPSA) is 245 Å². The number of carboxylic acid groups (broad SMARTS) is 3. The van der Waals surface area contributed by atoms with E-state index in [-0.39, 0.29) is 6.42 Å². The standard InChI is InChI=1S/C7H12N2O6.C6H9N3O2/c8-3(1-5(10)11)7(14)15-2-4(9)6(12)13;7-5(6(10)11)1-4-2-8-3-9-4/h3-4H,1-2,8-9H2,(H,10,11)(H,12,13);2-3,5H,1,7H2,(H,8,9)(H,10,11). The number of nitrogens with one attached hydrogen (secondary N) is 1. The van der Waals surface area contributed by atoms with Gasteiger partial charge < -0.3 is 42.2 Å². The minimum atomic E-state index is -1.34. The van der Waals surface area contributed by atoms with Gasteiger partial charge in [-0.1, -0.05) is 0 Å². The van der Waals surface area contributed by atoms with Crippen molar-refractivity contribution in [2.45, 2.75) is 31.0 Å². The summed E-state index contributed by atoms with van der Waals surface area (Å²) in [7, 11) is 0. The maximum atomic E-state index is 10.9. The molecule has 0 aliphatic heterocycles. The molecule has 1 heterocycles. The quantitative estimate of drug-likeness (QED) is 0.215. The number of rotatable bonds is 9. The number of imidazole rings is 1. The largest absolute Gasteiger partial charge is 0.481 e. The fraction of sp³-hybridized carbons (Fsp3) is 0.462. The molecule has 13 heteroatoms. The second-order valence-corrected chi connectivity index (χ2v) is 4.99. The summed E-state index contributed by atoms with van der Waals surface area (Å²) >= 11 is 0. The lowest BCUT2D eigenvalue weighted by Gasteiger charge is -2.11. The lowest BCUT2D eigenvalue weighted by Crippen LogP contribution is -2.40. The number of H-pyrrole nitrogens is 1. The van der Waals surface area contributed by atoms with Crippen LogP contribution in [0.1, 0.15) is 12.1 Å². The second-order valence-electron chi connectivity index (χ2n) is 4.99. The third kappa shape index (κ3) is 9.96. The van der Waals surface area contributed by atoms with E-state index in [4.69, 9.17) is 32.5 Å². The molecule has 26 heavy (non-hydrogen) atoms. The SMILES string of the molecule is NC(COC(=O)C(N)CC(=O)O)C(=O)O.NC(Cc1c[nH]cn1)C(=O)O. The number of esters is 1. The Kier molecular flexibility index (Phi) is 10.2. The van der Waals surface area contributed by atoms with E-state index in [0.717, 1.165) is 0 Å². The molecule has 13 nitrogen and oxygen atoms in total. The molecule has 0 radical (unpaired) electrons. The smallest absolute Gasteiger partial charge is 0.324 e. The van der Waals surface area contributed by atoms with E-state index in [9.17, 15) is 19.2 Å². The van der Waals surface area contributed by atoms with Crippen molar-refractivity contribution >= 4 is 23.9 Å². The van der Waals surface area contributed by atoms with Crippen molar-refractivity contribution < 1.29 is 39.2 Å². The van der Waals surface area contributed by atoms with Crippen LogP contribution in [0.2, 0.25) is 0 Å². The highest BCUT2D eigenvalue weighted by molar-refractivity contribution is 5.82. The number of hydrogen-bond acceptors (Lipinski definition) is 9. The molecule has 146 valence electrons. The van der Waals surface area contributed by atoms with Crippen molar-refractivity contribution in [3.8, 4) is 0 Å². The van der Waals surface area contributed by atoms with Crippen LogP contribution >= 0.6 is 0 Å². The third-order valence-corrected chi connectivity index (χ3v) is 2.72. The molecule has 0 spiro atoms. The minimum Gasteiger partial charge on any atom is -0.481 e. The maximum absolute atomic E-state index is 10.9. The van der Waals surface area contributed by atoms with E-state index in [1.54, 1.807) is 6.20 Å². The first-order valence-corrected chi connectivity index (χ1v) is 7.13. The number of hydrogen-bond donors (Lipinski definition) is 7. The van der Waals surface area contributed by atoms with Gasteiger partial charge in [-0.2, -0.15) is 0 Å². The van der Waals surface area contributed by atoms with Gasteiger partial charge in [0.15, 0.2) is 0 Å². The number of carbonyl (C=O) groups is 4. The van der Waals surface area contributed by atoms with Crippen molar-refractivity contribution in [3.05, 3.63) is 18.2 Å². The number of aliphatic carboxylic acids is 3. The summed E-state index contributed by atoms with van der Waals surface area (Å²) in [5, 5.41) is 25.0. The Bertz CT molecular complexity index is 606. The molecule has 3 unspecified atom stereocenters. The van der Waals surface area contributed by atoms with E-state index in [1.807, 2.05) is 0 Å². The molecule has 1 aromatic rings. The van der Waals surface area contributed by atoms with Gasteiger partial charge in [0, 0.05) is 12.6 Å². The Hall–Kier alpha value is -3.03. The van der Waals surface area contributed by atoms with E-state index in [1.165, 1.54) is 6.33 Å². The highest BCUT2D eigenvalue weighted by atomic mass is 16.5. The number of carbonyl (C=O) groups excluding carboxylic acids is 1. The first-order chi connectivity index (χ1) is 12.0. The van der Waals surface area contributed by atoms with E-state index in [0.29, 0.717) is 5.69 Å². The van der Waals surface area contributed by atoms with Gasteiger partial charge in [0.05, 0.1) is 18.4 Å². The van der Waals surface area contributed by atoms with Crippen LogP contribution in [0.15, 0.2) is 12.5 Å². The number of ether oxygens (including phenoxy) is 1. The normalized spacial score (nSPS) is 13.5. The Morgan fingerprint density at radius 1 is 1.04 bits per heavy atom. The van der Waals surface area contributed by atoms with E-state index >= 15 is 0 Å². The first-order valence-electron chi connectivity index (χ1n) is 7.13. The molecule has 0 bridgehead atoms. The molecule has 10 N–H and O–H groups in total. The fourth-order valence-corrected chi connectivity index (χ4v) is 1.34. The fourth-order valence-electron chi connectivity index (χ4n) is 1.34. The summed E-state index contributed by atoms with van der Waals surface area (Å²) < 4.78 is 4.39. The second kappa shape index (κ2) is 11.5. The maximum Gasteiger partial charge on any atom is 0.324 e. The number of nitrogens with two attached hydrogens (primary N) is 3. The number of carboxylic acids is 3. The number of aromatic nitrogens is 2. The first kappa shape index (κ1) is 23.0. The van der Waals surface area contributed by atoms with Crippen molar-refractivity contribution in [1.82, 2.24) is 9.97 Å². The van der Waals surface area contributed by atoms with Crippen LogP contribution in [0.25, 0.3) is 0 Å². The van der Waals surface area contributed by atoms with E-state index in [2.05, 4.69) is 14.7 Å². The Labute approximate surface area is 147 Å². The zero-order valence-electron chi connectivity index (χ0n) is 13.6. The third-order valence-electron chi connectivity index (χ3n) is 2.72. The molecule has 1 rings (SSSR count). The average Bonchev–Trinajstić information content (AvgIpc) is 3.04. The Morgan fingerprint density at radius 2 is 1.62 bits per heavy atom. The van der Waals surface area contributed by atoms with Crippen LogP contribution in [-0.4, -0.2) is 73.9 Å². The molecule has 0 aliphatic carbocycles. The molecule has 0 fully saturated rings. The van der Waals surface area contributed by atoms with Crippen LogP contribution in [0.3, 0.4) is 0 Å². The van der Waals surface area contributed by atoms with Gasteiger partial charge >= 0.3 is 23.9 Å². The van der Waals surface area contributed by atoms with Gasteiger partial charge in [-0.05, 0) is 0 Å². The summed E-state index contributed by atoms with van der Waals surface area (Å²) in [6, 6.07) is -3.52. The van der Waals surface area contributed by atoms with Crippen LogP contribution in [-0.2, 0) is 30.3 Å². The summed E-state index contributed by atoms with van der Waals surface area (Å²) in [6.07, 6.45) is 2.80. The zero-order valence-corrected chi connectivity index (χ0v) is 13.6. The highest BCUT2D eigenvalue weighted by Crippen LogP contribution is 1.95. The molecule has 0 amide bonds. The van der Waals surface area contributed by atoms with Crippen LogP contribution in [0.5, 0.6) is 0 Å². The Morgan fingerprint density at radius 3 is 2.04 bits per heavy atom. The molecule has 1 aromatic heterocycles. The van der Waals surface area contributed by atoms with Gasteiger partial charge in [-0.3, -0.25) is 19.2 Å². The monoisotopic (exact) mass is 375 g/mol. The molecule has 0 saturated carbocycles. The lowest BCUT2D eigenvalue weighted by atomic mass is 10.2. The van der Waals surface area contributed by atoms with Crippen molar-refractivity contribution in [1.29, 1.82) is 0 Å². The van der Waals surface area contributed by atoms with Gasteiger partial charge in [0.2, 0.25) is 0 Å². The van der Waals surface area contributed by atoms with Crippen LogP contribution in [0, 0.1) is 0 Å². The van der Waals surface area contributed by atoms with Gasteiger partial charge in [0.1, 0.15) is 24.7 Å². The number of nitrogens with zero attached hydrogens (tertiary/aromatic N) is 1. The van der Waals surface area contributed by atoms with Gasteiger partial charge in [-0.25, -0.2) is 4.98 Å². The minimum absolute atomic E-state index is 0.263. The van der Waals surface area contributed by atoms with Crippen LogP contribution in [0.4, 0.5) is 0 Å². The zero-order chi connectivity index (χ0) is 20.3. The average molecular weight is 375 g/mol. The van der Waals surface area contributed by atoms with Crippen LogP contribution < -0.4 is 17.2 Å². The van der Waals surface area contributed by atoms with E-state index < -0.39 is 55.0 Å². The van der Waals surface area contributed by atoms with Gasteiger partial charge in [0.25, 0.3) is 0 Å². The Balaban J connectivity index is 0.000000502. The highest BCUT2D eigenvalue weighted by Gasteiger charge is 2.21. The molecule has 3 atom stereocenters. The summed E-state index contributed by atoms with van der Waals surface area (Å²) in [5.74, 6) is -4.57. The van der Waals surface area contributed by atoms with Crippen molar-refractivity contribution in [3.63, 3.8) is 0 Å². The predicted molar refractivity (Wildman–Crippen MR) is 84.7 cm³/mol. The summed E-state index contributed by atoms with van der Waals surface area (Å²) in [6.45, 7) is -0.540. The summed E-state index contributed by atoms with van der Waals surface area (Å²) in [5.41, 5.74) is 16.1. The van der Waals surface area contributed by atoms with Crippen molar-refractivity contribution in [2.75, 3.05) is 6.61 Å². The lowest BCUT2D eigenvalue weighted by molar-refractivity contribution is -0.152. The number of aromatic amines is 1.